The molecule has 2 N–H and O–H groups in total. The Hall–Kier alpha value is -1.34. The van der Waals surface area contributed by atoms with Crippen molar-refractivity contribution < 1.29 is 9.59 Å². The first kappa shape index (κ1) is 26.7. The number of hydrogen-bond donors (Lipinski definition) is 1. The summed E-state index contributed by atoms with van der Waals surface area (Å²) < 4.78 is 0. The van der Waals surface area contributed by atoms with E-state index < -0.39 is 0 Å². The molecule has 1 heterocycles. The molecular formula is C20H34Cl2N4O2. The van der Waals surface area contributed by atoms with Gasteiger partial charge in [-0.15, -0.1) is 24.8 Å². The number of carbonyl (C=O) groups is 2. The zero-order chi connectivity index (χ0) is 18.9. The summed E-state index contributed by atoms with van der Waals surface area (Å²) in [5.41, 5.74) is 7.18. The van der Waals surface area contributed by atoms with Crippen molar-refractivity contribution in [3.63, 3.8) is 0 Å². The van der Waals surface area contributed by atoms with Crippen molar-refractivity contribution in [3.05, 3.63) is 35.9 Å². The van der Waals surface area contributed by atoms with Crippen LogP contribution in [0.4, 0.5) is 0 Å². The second kappa shape index (κ2) is 13.8. The van der Waals surface area contributed by atoms with E-state index in [0.29, 0.717) is 19.5 Å². The van der Waals surface area contributed by atoms with E-state index in [1.54, 1.807) is 0 Å². The highest BCUT2D eigenvalue weighted by atomic mass is 35.5. The molecule has 1 fully saturated rings. The highest BCUT2D eigenvalue weighted by Gasteiger charge is 2.23. The Kier molecular flexibility index (Phi) is 13.1. The Labute approximate surface area is 181 Å². The fourth-order valence-electron chi connectivity index (χ4n) is 3.38. The van der Waals surface area contributed by atoms with Gasteiger partial charge in [0.15, 0.2) is 0 Å². The fraction of sp³-hybridized carbons (Fsp3) is 0.600. The van der Waals surface area contributed by atoms with E-state index in [2.05, 4.69) is 4.90 Å². The molecule has 1 aliphatic rings. The maximum atomic E-state index is 12.6. The molecule has 1 atom stereocenters. The van der Waals surface area contributed by atoms with Gasteiger partial charge in [-0.1, -0.05) is 30.3 Å². The minimum absolute atomic E-state index is 0. The lowest BCUT2D eigenvalue weighted by Gasteiger charge is -2.25. The van der Waals surface area contributed by atoms with Crippen LogP contribution in [0.2, 0.25) is 0 Å². The maximum absolute atomic E-state index is 12.6. The van der Waals surface area contributed by atoms with Crippen molar-refractivity contribution in [2.24, 2.45) is 5.73 Å². The van der Waals surface area contributed by atoms with Gasteiger partial charge in [-0.05, 0) is 25.8 Å². The molecule has 1 aromatic rings. The molecule has 0 aliphatic carbocycles. The second-order valence-electron chi connectivity index (χ2n) is 6.80. The van der Waals surface area contributed by atoms with Gasteiger partial charge in [-0.2, -0.15) is 0 Å². The molecule has 8 heteroatoms. The van der Waals surface area contributed by atoms with Crippen LogP contribution in [-0.2, 0) is 9.59 Å². The summed E-state index contributed by atoms with van der Waals surface area (Å²) >= 11 is 0. The van der Waals surface area contributed by atoms with Crippen LogP contribution >= 0.6 is 24.8 Å². The molecule has 28 heavy (non-hydrogen) atoms. The molecule has 6 nitrogen and oxygen atoms in total. The summed E-state index contributed by atoms with van der Waals surface area (Å²) in [6.07, 6.45) is 1.21. The number of amides is 2. The quantitative estimate of drug-likeness (QED) is 0.717. The molecule has 0 spiro atoms. The summed E-state index contributed by atoms with van der Waals surface area (Å²) in [6, 6.07) is 9.47. The molecule has 0 saturated carbocycles. The predicted octanol–water partition coefficient (Wildman–Crippen LogP) is 2.32. The van der Waals surface area contributed by atoms with E-state index in [4.69, 9.17) is 5.73 Å². The van der Waals surface area contributed by atoms with Gasteiger partial charge in [0.1, 0.15) is 0 Å². The van der Waals surface area contributed by atoms with Gasteiger partial charge < -0.3 is 15.5 Å². The summed E-state index contributed by atoms with van der Waals surface area (Å²) in [7, 11) is 0. The number of carbonyl (C=O) groups excluding carboxylic acids is 2. The lowest BCUT2D eigenvalue weighted by Crippen LogP contribution is -2.42. The number of nitrogens with two attached hydrogens (primary N) is 1. The number of benzene rings is 1. The van der Waals surface area contributed by atoms with Gasteiger partial charge in [-0.25, -0.2) is 0 Å². The Bertz CT molecular complexity index is 585. The summed E-state index contributed by atoms with van der Waals surface area (Å²) in [5.74, 6) is 0.263. The molecule has 2 rings (SSSR count). The van der Waals surface area contributed by atoms with E-state index in [1.165, 1.54) is 0 Å². The average Bonchev–Trinajstić information content (AvgIpc) is 2.89. The highest BCUT2D eigenvalue weighted by Crippen LogP contribution is 2.15. The predicted molar refractivity (Wildman–Crippen MR) is 118 cm³/mol. The molecule has 0 bridgehead atoms. The second-order valence-corrected chi connectivity index (χ2v) is 6.80. The summed E-state index contributed by atoms with van der Waals surface area (Å²) in [5, 5.41) is 0. The molecule has 1 unspecified atom stereocenters. The van der Waals surface area contributed by atoms with Gasteiger partial charge in [0.05, 0.1) is 6.54 Å². The van der Waals surface area contributed by atoms with Gasteiger partial charge in [0, 0.05) is 51.7 Å². The van der Waals surface area contributed by atoms with Crippen LogP contribution in [0, 0.1) is 0 Å². The van der Waals surface area contributed by atoms with Crippen LogP contribution in [0.15, 0.2) is 30.3 Å². The van der Waals surface area contributed by atoms with Crippen molar-refractivity contribution in [2.45, 2.75) is 32.7 Å². The first-order chi connectivity index (χ1) is 12.5. The number of halogens is 2. The van der Waals surface area contributed by atoms with Crippen LogP contribution in [0.25, 0.3) is 0 Å². The molecule has 0 radical (unpaired) electrons. The molecule has 160 valence electrons. The van der Waals surface area contributed by atoms with Crippen molar-refractivity contribution in [2.75, 3.05) is 45.8 Å². The van der Waals surface area contributed by atoms with Crippen LogP contribution < -0.4 is 5.73 Å². The van der Waals surface area contributed by atoms with E-state index in [1.807, 2.05) is 54.0 Å². The van der Waals surface area contributed by atoms with Crippen LogP contribution in [-0.4, -0.2) is 72.3 Å². The Morgan fingerprint density at radius 2 is 1.68 bits per heavy atom. The van der Waals surface area contributed by atoms with E-state index >= 15 is 0 Å². The normalized spacial score (nSPS) is 15.6. The fourth-order valence-corrected chi connectivity index (χ4v) is 3.38. The Morgan fingerprint density at radius 1 is 1.04 bits per heavy atom. The number of nitrogens with zero attached hydrogens (tertiary/aromatic N) is 3. The van der Waals surface area contributed by atoms with Gasteiger partial charge in [-0.3, -0.25) is 14.5 Å². The standard InChI is InChI=1S/C20H32N4O2.2ClH/c1-3-23(4-2)20(26)16-22-11-8-12-24(14-13-22)19(25)15-18(21)17-9-6-5-7-10-17;;/h5-7,9-10,18H,3-4,8,11-16,21H2,1-2H3;2*1H. The van der Waals surface area contributed by atoms with Gasteiger partial charge in [0.25, 0.3) is 0 Å². The molecule has 1 saturated heterocycles. The molecule has 1 aliphatic heterocycles. The number of hydrogen-bond acceptors (Lipinski definition) is 4. The minimum atomic E-state index is -0.271. The molecule has 2 amide bonds. The first-order valence-corrected chi connectivity index (χ1v) is 9.63. The van der Waals surface area contributed by atoms with E-state index in [9.17, 15) is 9.59 Å². The molecule has 0 aromatic heterocycles. The van der Waals surface area contributed by atoms with E-state index in [0.717, 1.165) is 44.7 Å². The summed E-state index contributed by atoms with van der Waals surface area (Å²) in [4.78, 5) is 30.8. The topological polar surface area (TPSA) is 69.9 Å². The smallest absolute Gasteiger partial charge is 0.236 e. The van der Waals surface area contributed by atoms with Crippen LogP contribution in [0.1, 0.15) is 38.3 Å². The Morgan fingerprint density at radius 3 is 2.29 bits per heavy atom. The zero-order valence-electron chi connectivity index (χ0n) is 16.9. The zero-order valence-corrected chi connectivity index (χ0v) is 18.5. The minimum Gasteiger partial charge on any atom is -0.342 e. The third-order valence-electron chi connectivity index (χ3n) is 5.04. The SMILES string of the molecule is CCN(CC)C(=O)CN1CCCN(C(=O)CC(N)c2ccccc2)CC1.Cl.Cl. The summed E-state index contributed by atoms with van der Waals surface area (Å²) in [6.45, 7) is 8.90. The van der Waals surface area contributed by atoms with Gasteiger partial charge >= 0.3 is 0 Å². The number of rotatable bonds is 7. The average molecular weight is 433 g/mol. The van der Waals surface area contributed by atoms with Crippen LogP contribution in [0.3, 0.4) is 0 Å². The number of likely N-dealkylation sites (N-methyl/N-ethyl adjacent to an activating group) is 1. The monoisotopic (exact) mass is 432 g/mol. The first-order valence-electron chi connectivity index (χ1n) is 9.63. The highest BCUT2D eigenvalue weighted by molar-refractivity contribution is 5.85. The van der Waals surface area contributed by atoms with Crippen molar-refractivity contribution in [1.29, 1.82) is 0 Å². The van der Waals surface area contributed by atoms with E-state index in [-0.39, 0.29) is 42.7 Å². The largest absolute Gasteiger partial charge is 0.342 e. The third-order valence-corrected chi connectivity index (χ3v) is 5.04. The van der Waals surface area contributed by atoms with Gasteiger partial charge in [0.2, 0.25) is 11.8 Å². The lowest BCUT2D eigenvalue weighted by atomic mass is 10.0. The lowest BCUT2D eigenvalue weighted by molar-refractivity contribution is -0.132. The van der Waals surface area contributed by atoms with Crippen molar-refractivity contribution in [3.8, 4) is 0 Å². The molecular weight excluding hydrogens is 399 g/mol. The Balaban J connectivity index is 0.00000364. The van der Waals surface area contributed by atoms with Crippen molar-refractivity contribution >= 4 is 36.6 Å². The van der Waals surface area contributed by atoms with Crippen LogP contribution in [0.5, 0.6) is 0 Å². The van der Waals surface area contributed by atoms with Crippen molar-refractivity contribution in [1.82, 2.24) is 14.7 Å². The maximum Gasteiger partial charge on any atom is 0.236 e. The third kappa shape index (κ3) is 7.95. The molecule has 1 aromatic carbocycles.